The van der Waals surface area contributed by atoms with Gasteiger partial charge in [0.15, 0.2) is 0 Å². The highest BCUT2D eigenvalue weighted by Crippen LogP contribution is 2.09. The molecule has 24 heavy (non-hydrogen) atoms. The molecule has 1 amide bonds. The monoisotopic (exact) mass is 379 g/mol. The zero-order valence-corrected chi connectivity index (χ0v) is 15.5. The molecule has 0 radical (unpaired) electrons. The third-order valence-electron chi connectivity index (χ3n) is 3.68. The SMILES string of the molecule is COCC(N)C(=O)NCc1ccc(CN2CCOCC2)cc1.Cl.Cl. The number of ether oxygens (including phenoxy) is 2. The van der Waals surface area contributed by atoms with Crippen molar-refractivity contribution in [1.82, 2.24) is 10.2 Å². The number of morpholine rings is 1. The molecular weight excluding hydrogens is 353 g/mol. The lowest BCUT2D eigenvalue weighted by atomic mass is 10.1. The fourth-order valence-corrected chi connectivity index (χ4v) is 2.36. The van der Waals surface area contributed by atoms with Crippen molar-refractivity contribution in [1.29, 1.82) is 0 Å². The quantitative estimate of drug-likeness (QED) is 0.737. The Kier molecular flexibility index (Phi) is 12.0. The van der Waals surface area contributed by atoms with Gasteiger partial charge >= 0.3 is 0 Å². The number of rotatable bonds is 7. The van der Waals surface area contributed by atoms with E-state index in [0.717, 1.165) is 38.4 Å². The van der Waals surface area contributed by atoms with E-state index in [-0.39, 0.29) is 37.3 Å². The summed E-state index contributed by atoms with van der Waals surface area (Å²) < 4.78 is 10.2. The highest BCUT2D eigenvalue weighted by Gasteiger charge is 2.13. The van der Waals surface area contributed by atoms with Crippen molar-refractivity contribution < 1.29 is 14.3 Å². The number of halogens is 2. The third-order valence-corrected chi connectivity index (χ3v) is 3.68. The Balaban J connectivity index is 0.00000264. The van der Waals surface area contributed by atoms with E-state index >= 15 is 0 Å². The predicted molar refractivity (Wildman–Crippen MR) is 98.7 cm³/mol. The van der Waals surface area contributed by atoms with Crippen LogP contribution in [0.2, 0.25) is 0 Å². The molecule has 6 nitrogen and oxygen atoms in total. The lowest BCUT2D eigenvalue weighted by Crippen LogP contribution is -2.43. The summed E-state index contributed by atoms with van der Waals surface area (Å²) in [5.41, 5.74) is 8.00. The van der Waals surface area contributed by atoms with Crippen molar-refractivity contribution in [2.24, 2.45) is 5.73 Å². The summed E-state index contributed by atoms with van der Waals surface area (Å²) in [5, 5.41) is 2.81. The number of nitrogens with one attached hydrogen (secondary N) is 1. The van der Waals surface area contributed by atoms with Gasteiger partial charge in [-0.1, -0.05) is 24.3 Å². The summed E-state index contributed by atoms with van der Waals surface area (Å²) in [6.45, 7) is 5.23. The standard InChI is InChI=1S/C16H25N3O3.2ClH/c1-21-12-15(17)16(20)18-10-13-2-4-14(5-3-13)11-19-6-8-22-9-7-19;;/h2-5,15H,6-12,17H2,1H3,(H,18,20);2*1H. The van der Waals surface area contributed by atoms with Crippen LogP contribution in [0.3, 0.4) is 0 Å². The molecule has 1 atom stereocenters. The number of carbonyl (C=O) groups is 1. The number of carbonyl (C=O) groups excluding carboxylic acids is 1. The van der Waals surface area contributed by atoms with Gasteiger partial charge in [0.1, 0.15) is 6.04 Å². The van der Waals surface area contributed by atoms with Gasteiger partial charge in [0.2, 0.25) is 5.91 Å². The van der Waals surface area contributed by atoms with Crippen LogP contribution in [0, 0.1) is 0 Å². The average Bonchev–Trinajstić information content (AvgIpc) is 2.55. The molecule has 0 aliphatic carbocycles. The van der Waals surface area contributed by atoms with E-state index in [1.54, 1.807) is 0 Å². The van der Waals surface area contributed by atoms with E-state index in [1.807, 2.05) is 12.1 Å². The van der Waals surface area contributed by atoms with E-state index in [2.05, 4.69) is 22.3 Å². The van der Waals surface area contributed by atoms with Crippen molar-refractivity contribution in [3.05, 3.63) is 35.4 Å². The number of methoxy groups -OCH3 is 1. The Morgan fingerprint density at radius 1 is 1.25 bits per heavy atom. The van der Waals surface area contributed by atoms with Crippen molar-refractivity contribution >= 4 is 30.7 Å². The minimum Gasteiger partial charge on any atom is -0.383 e. The number of nitrogens with two attached hydrogens (primary N) is 1. The van der Waals surface area contributed by atoms with Gasteiger partial charge in [0.25, 0.3) is 0 Å². The molecule has 1 aliphatic rings. The summed E-state index contributed by atoms with van der Waals surface area (Å²) >= 11 is 0. The summed E-state index contributed by atoms with van der Waals surface area (Å²) in [5.74, 6) is -0.195. The van der Waals surface area contributed by atoms with Gasteiger partial charge in [-0.3, -0.25) is 9.69 Å². The zero-order valence-electron chi connectivity index (χ0n) is 13.9. The van der Waals surface area contributed by atoms with Gasteiger partial charge in [-0.25, -0.2) is 0 Å². The Morgan fingerprint density at radius 3 is 2.42 bits per heavy atom. The van der Waals surface area contributed by atoms with Crippen LogP contribution in [0.25, 0.3) is 0 Å². The first-order valence-corrected chi connectivity index (χ1v) is 7.59. The van der Waals surface area contributed by atoms with E-state index in [0.29, 0.717) is 6.54 Å². The fourth-order valence-electron chi connectivity index (χ4n) is 2.36. The van der Waals surface area contributed by atoms with Gasteiger partial charge in [0, 0.05) is 33.3 Å². The topological polar surface area (TPSA) is 76.8 Å². The second-order valence-corrected chi connectivity index (χ2v) is 5.48. The van der Waals surface area contributed by atoms with Gasteiger partial charge < -0.3 is 20.5 Å². The Morgan fingerprint density at radius 2 is 1.83 bits per heavy atom. The zero-order chi connectivity index (χ0) is 15.8. The molecular formula is C16H27Cl2N3O3. The largest absolute Gasteiger partial charge is 0.383 e. The predicted octanol–water partition coefficient (Wildman–Crippen LogP) is 0.952. The van der Waals surface area contributed by atoms with Crippen LogP contribution < -0.4 is 11.1 Å². The molecule has 1 saturated heterocycles. The maximum atomic E-state index is 11.7. The summed E-state index contributed by atoms with van der Waals surface area (Å²) in [6, 6.07) is 7.67. The summed E-state index contributed by atoms with van der Waals surface area (Å²) in [7, 11) is 1.53. The number of hydrogen-bond donors (Lipinski definition) is 2. The molecule has 0 bridgehead atoms. The average molecular weight is 380 g/mol. The lowest BCUT2D eigenvalue weighted by molar-refractivity contribution is -0.123. The van der Waals surface area contributed by atoms with Crippen LogP contribution >= 0.6 is 24.8 Å². The Labute approximate surface area is 155 Å². The van der Waals surface area contributed by atoms with Gasteiger partial charge in [-0.2, -0.15) is 0 Å². The van der Waals surface area contributed by atoms with E-state index in [1.165, 1.54) is 12.7 Å². The van der Waals surface area contributed by atoms with E-state index in [9.17, 15) is 4.79 Å². The molecule has 1 aliphatic heterocycles. The molecule has 1 unspecified atom stereocenters. The first-order valence-electron chi connectivity index (χ1n) is 7.59. The minimum atomic E-state index is -0.620. The normalized spacial score (nSPS) is 15.8. The Bertz CT molecular complexity index is 468. The van der Waals surface area contributed by atoms with Crippen molar-refractivity contribution in [2.45, 2.75) is 19.1 Å². The number of hydrogen-bond acceptors (Lipinski definition) is 5. The summed E-state index contributed by atoms with van der Waals surface area (Å²) in [6.07, 6.45) is 0. The Hall–Kier alpha value is -0.890. The van der Waals surface area contributed by atoms with Crippen molar-refractivity contribution in [2.75, 3.05) is 40.0 Å². The van der Waals surface area contributed by atoms with E-state index < -0.39 is 6.04 Å². The highest BCUT2D eigenvalue weighted by atomic mass is 35.5. The molecule has 8 heteroatoms. The van der Waals surface area contributed by atoms with Crippen LogP contribution in [-0.2, 0) is 27.4 Å². The molecule has 0 saturated carbocycles. The van der Waals surface area contributed by atoms with Crippen molar-refractivity contribution in [3.63, 3.8) is 0 Å². The van der Waals surface area contributed by atoms with Crippen LogP contribution in [0.15, 0.2) is 24.3 Å². The van der Waals surface area contributed by atoms with Gasteiger partial charge in [0.05, 0.1) is 19.8 Å². The van der Waals surface area contributed by atoms with Crippen molar-refractivity contribution in [3.8, 4) is 0 Å². The minimum absolute atomic E-state index is 0. The maximum absolute atomic E-state index is 11.7. The number of amides is 1. The third kappa shape index (κ3) is 7.79. The van der Waals surface area contributed by atoms with Gasteiger partial charge in [-0.15, -0.1) is 24.8 Å². The smallest absolute Gasteiger partial charge is 0.239 e. The molecule has 1 aromatic carbocycles. The lowest BCUT2D eigenvalue weighted by Gasteiger charge is -2.26. The van der Waals surface area contributed by atoms with Crippen LogP contribution in [0.1, 0.15) is 11.1 Å². The van der Waals surface area contributed by atoms with Crippen LogP contribution in [0.5, 0.6) is 0 Å². The number of nitrogens with zero attached hydrogens (tertiary/aromatic N) is 1. The van der Waals surface area contributed by atoms with E-state index in [4.69, 9.17) is 15.2 Å². The van der Waals surface area contributed by atoms with Crippen LogP contribution in [0.4, 0.5) is 0 Å². The number of benzene rings is 1. The summed E-state index contributed by atoms with van der Waals surface area (Å²) in [4.78, 5) is 14.1. The fraction of sp³-hybridized carbons (Fsp3) is 0.562. The van der Waals surface area contributed by atoms with Crippen LogP contribution in [-0.4, -0.2) is 56.9 Å². The molecule has 1 heterocycles. The molecule has 3 N–H and O–H groups in total. The van der Waals surface area contributed by atoms with Gasteiger partial charge in [-0.05, 0) is 11.1 Å². The molecule has 1 fully saturated rings. The second-order valence-electron chi connectivity index (χ2n) is 5.48. The first-order chi connectivity index (χ1) is 10.7. The molecule has 138 valence electrons. The second kappa shape index (κ2) is 12.5. The molecule has 1 aromatic rings. The molecule has 0 aromatic heterocycles. The highest BCUT2D eigenvalue weighted by molar-refractivity contribution is 5.85. The first kappa shape index (κ1) is 23.1. The maximum Gasteiger partial charge on any atom is 0.239 e. The molecule has 0 spiro atoms. The molecule has 2 rings (SSSR count).